The summed E-state index contributed by atoms with van der Waals surface area (Å²) in [6, 6.07) is 4.33. The SMILES string of the molecule is CC(NC(=O)c1ccc(Br)c(Cl)c1)C(=O)N1CCOCC1. The Morgan fingerprint density at radius 1 is 1.38 bits per heavy atom. The second-order valence-electron chi connectivity index (χ2n) is 4.76. The van der Waals surface area contributed by atoms with Crippen molar-refractivity contribution in [1.82, 2.24) is 10.2 Å². The lowest BCUT2D eigenvalue weighted by atomic mass is 10.2. The molecule has 1 aliphatic rings. The van der Waals surface area contributed by atoms with Crippen molar-refractivity contribution in [3.05, 3.63) is 33.3 Å². The Balaban J connectivity index is 1.97. The van der Waals surface area contributed by atoms with Crippen LogP contribution in [0, 0.1) is 0 Å². The van der Waals surface area contributed by atoms with Gasteiger partial charge in [-0.2, -0.15) is 0 Å². The van der Waals surface area contributed by atoms with E-state index in [1.54, 1.807) is 30.0 Å². The molecule has 0 spiro atoms. The summed E-state index contributed by atoms with van der Waals surface area (Å²) >= 11 is 9.23. The first-order valence-corrected chi connectivity index (χ1v) is 7.78. The van der Waals surface area contributed by atoms with E-state index in [2.05, 4.69) is 21.2 Å². The Bertz CT molecular complexity index is 547. The van der Waals surface area contributed by atoms with Crippen LogP contribution in [0.4, 0.5) is 0 Å². The predicted molar refractivity (Wildman–Crippen MR) is 83.5 cm³/mol. The van der Waals surface area contributed by atoms with E-state index in [9.17, 15) is 9.59 Å². The van der Waals surface area contributed by atoms with Gasteiger partial charge in [-0.1, -0.05) is 11.6 Å². The molecule has 1 aliphatic heterocycles. The molecule has 0 saturated carbocycles. The number of hydrogen-bond acceptors (Lipinski definition) is 3. The molecule has 1 aromatic carbocycles. The van der Waals surface area contributed by atoms with Crippen LogP contribution in [0.5, 0.6) is 0 Å². The minimum atomic E-state index is -0.585. The number of hydrogen-bond donors (Lipinski definition) is 1. The molecule has 7 heteroatoms. The van der Waals surface area contributed by atoms with E-state index in [4.69, 9.17) is 16.3 Å². The van der Waals surface area contributed by atoms with Crippen LogP contribution in [0.2, 0.25) is 5.02 Å². The lowest BCUT2D eigenvalue weighted by molar-refractivity contribution is -0.136. The zero-order chi connectivity index (χ0) is 15.4. The van der Waals surface area contributed by atoms with Gasteiger partial charge in [0.2, 0.25) is 5.91 Å². The Labute approximate surface area is 136 Å². The minimum Gasteiger partial charge on any atom is -0.378 e. The summed E-state index contributed by atoms with van der Waals surface area (Å²) in [5.74, 6) is -0.423. The van der Waals surface area contributed by atoms with E-state index in [-0.39, 0.29) is 11.8 Å². The molecular formula is C14H16BrClN2O3. The van der Waals surface area contributed by atoms with Crippen LogP contribution >= 0.6 is 27.5 Å². The molecule has 114 valence electrons. The van der Waals surface area contributed by atoms with E-state index in [1.807, 2.05) is 0 Å². The molecule has 0 aliphatic carbocycles. The third-order valence-electron chi connectivity index (χ3n) is 3.22. The van der Waals surface area contributed by atoms with Gasteiger partial charge in [0.15, 0.2) is 0 Å². The molecule has 1 saturated heterocycles. The van der Waals surface area contributed by atoms with E-state index in [0.29, 0.717) is 36.9 Å². The van der Waals surface area contributed by atoms with Gasteiger partial charge in [-0.15, -0.1) is 0 Å². The van der Waals surface area contributed by atoms with Crippen molar-refractivity contribution in [2.45, 2.75) is 13.0 Å². The van der Waals surface area contributed by atoms with E-state index in [0.717, 1.165) is 4.47 Å². The van der Waals surface area contributed by atoms with Crippen molar-refractivity contribution in [3.63, 3.8) is 0 Å². The molecular weight excluding hydrogens is 360 g/mol. The number of morpholine rings is 1. The maximum Gasteiger partial charge on any atom is 0.251 e. The molecule has 1 fully saturated rings. The van der Waals surface area contributed by atoms with Crippen molar-refractivity contribution in [3.8, 4) is 0 Å². The van der Waals surface area contributed by atoms with Gasteiger partial charge in [-0.05, 0) is 41.1 Å². The zero-order valence-corrected chi connectivity index (χ0v) is 13.9. The highest BCUT2D eigenvalue weighted by Crippen LogP contribution is 2.23. The fourth-order valence-electron chi connectivity index (χ4n) is 2.04. The Morgan fingerprint density at radius 2 is 2.05 bits per heavy atom. The number of nitrogens with one attached hydrogen (secondary N) is 1. The van der Waals surface area contributed by atoms with Crippen LogP contribution in [-0.2, 0) is 9.53 Å². The average molecular weight is 376 g/mol. The van der Waals surface area contributed by atoms with E-state index < -0.39 is 6.04 Å². The van der Waals surface area contributed by atoms with Crippen molar-refractivity contribution < 1.29 is 14.3 Å². The number of nitrogens with zero attached hydrogens (tertiary/aromatic N) is 1. The quantitative estimate of drug-likeness (QED) is 0.880. The standard InChI is InChI=1S/C14H16BrClN2O3/c1-9(14(20)18-4-6-21-7-5-18)17-13(19)10-2-3-11(15)12(16)8-10/h2-3,8-9H,4-7H2,1H3,(H,17,19). The van der Waals surface area contributed by atoms with Gasteiger partial charge < -0.3 is 15.0 Å². The first-order valence-electron chi connectivity index (χ1n) is 6.61. The fraction of sp³-hybridized carbons (Fsp3) is 0.429. The lowest BCUT2D eigenvalue weighted by Gasteiger charge is -2.29. The smallest absolute Gasteiger partial charge is 0.251 e. The third kappa shape index (κ3) is 4.18. The molecule has 1 aromatic rings. The maximum atomic E-state index is 12.2. The first kappa shape index (κ1) is 16.3. The zero-order valence-electron chi connectivity index (χ0n) is 11.6. The Kier molecular flexibility index (Phi) is 5.61. The molecule has 0 bridgehead atoms. The summed E-state index contributed by atoms with van der Waals surface area (Å²) in [5.41, 5.74) is 0.421. The average Bonchev–Trinajstić information content (AvgIpc) is 2.50. The van der Waals surface area contributed by atoms with Crippen LogP contribution in [0.25, 0.3) is 0 Å². The number of rotatable bonds is 3. The van der Waals surface area contributed by atoms with Crippen molar-refractivity contribution in [1.29, 1.82) is 0 Å². The fourth-order valence-corrected chi connectivity index (χ4v) is 2.46. The largest absolute Gasteiger partial charge is 0.378 e. The Hall–Kier alpha value is -1.11. The van der Waals surface area contributed by atoms with Crippen LogP contribution in [0.1, 0.15) is 17.3 Å². The number of carbonyl (C=O) groups is 2. The summed E-state index contributed by atoms with van der Waals surface area (Å²) in [6.45, 7) is 3.87. The number of amides is 2. The normalized spacial score (nSPS) is 16.4. The third-order valence-corrected chi connectivity index (χ3v) is 4.46. The summed E-state index contributed by atoms with van der Waals surface area (Å²) in [6.07, 6.45) is 0. The first-order chi connectivity index (χ1) is 9.99. The Morgan fingerprint density at radius 3 is 2.67 bits per heavy atom. The van der Waals surface area contributed by atoms with Gasteiger partial charge in [0.25, 0.3) is 5.91 Å². The summed E-state index contributed by atoms with van der Waals surface area (Å²) in [5, 5.41) is 3.15. The highest BCUT2D eigenvalue weighted by molar-refractivity contribution is 9.10. The van der Waals surface area contributed by atoms with Gasteiger partial charge in [0.1, 0.15) is 6.04 Å². The van der Waals surface area contributed by atoms with Crippen molar-refractivity contribution >= 4 is 39.3 Å². The topological polar surface area (TPSA) is 58.6 Å². The molecule has 1 N–H and O–H groups in total. The second-order valence-corrected chi connectivity index (χ2v) is 6.02. The van der Waals surface area contributed by atoms with Gasteiger partial charge in [-0.3, -0.25) is 9.59 Å². The van der Waals surface area contributed by atoms with Crippen LogP contribution < -0.4 is 5.32 Å². The summed E-state index contributed by atoms with van der Waals surface area (Å²) in [7, 11) is 0. The van der Waals surface area contributed by atoms with Crippen molar-refractivity contribution in [2.24, 2.45) is 0 Å². The molecule has 2 amide bonds. The lowest BCUT2D eigenvalue weighted by Crippen LogP contribution is -2.50. The van der Waals surface area contributed by atoms with E-state index in [1.165, 1.54) is 0 Å². The monoisotopic (exact) mass is 374 g/mol. The van der Waals surface area contributed by atoms with Gasteiger partial charge in [0, 0.05) is 23.1 Å². The molecule has 0 radical (unpaired) electrons. The second kappa shape index (κ2) is 7.24. The molecule has 2 rings (SSSR count). The van der Waals surface area contributed by atoms with Gasteiger partial charge >= 0.3 is 0 Å². The molecule has 1 atom stereocenters. The van der Waals surface area contributed by atoms with E-state index >= 15 is 0 Å². The predicted octanol–water partition coefficient (Wildman–Crippen LogP) is 2.08. The molecule has 21 heavy (non-hydrogen) atoms. The highest BCUT2D eigenvalue weighted by atomic mass is 79.9. The molecule has 1 unspecified atom stereocenters. The summed E-state index contributed by atoms with van der Waals surface area (Å²) < 4.78 is 5.92. The maximum absolute atomic E-state index is 12.2. The summed E-state index contributed by atoms with van der Waals surface area (Å²) in [4.78, 5) is 26.0. The molecule has 5 nitrogen and oxygen atoms in total. The van der Waals surface area contributed by atoms with Gasteiger partial charge in [-0.25, -0.2) is 0 Å². The highest BCUT2D eigenvalue weighted by Gasteiger charge is 2.24. The number of carbonyl (C=O) groups excluding carboxylic acids is 2. The molecule has 0 aromatic heterocycles. The van der Waals surface area contributed by atoms with Crippen LogP contribution in [0.15, 0.2) is 22.7 Å². The minimum absolute atomic E-state index is 0.102. The number of benzene rings is 1. The molecule has 1 heterocycles. The van der Waals surface area contributed by atoms with Crippen LogP contribution in [-0.4, -0.2) is 49.1 Å². The number of ether oxygens (including phenoxy) is 1. The van der Waals surface area contributed by atoms with Crippen LogP contribution in [0.3, 0.4) is 0 Å². The van der Waals surface area contributed by atoms with Crippen molar-refractivity contribution in [2.75, 3.05) is 26.3 Å². The van der Waals surface area contributed by atoms with Gasteiger partial charge in [0.05, 0.1) is 18.2 Å². The number of halogens is 2.